The molecule has 2 N–H and O–H groups in total. The van der Waals surface area contributed by atoms with Gasteiger partial charge in [-0.1, -0.05) is 17.7 Å². The second-order valence-electron chi connectivity index (χ2n) is 7.44. The SMILES string of the molecule is NC1CCC(N(Cc2ccc(F)c(F)c2)c2ccnc3cc(Cl)ccc23)CC1. The van der Waals surface area contributed by atoms with Crippen LogP contribution in [0.3, 0.4) is 0 Å². The standard InChI is InChI=1S/C22H22ClF2N3/c23-15-2-7-18-21(12-15)27-10-9-22(18)28(17-5-3-16(26)4-6-17)13-14-1-8-19(24)20(25)11-14/h1-2,7-12,16-17H,3-6,13,26H2. The monoisotopic (exact) mass is 401 g/mol. The Hall–Kier alpha value is -2.24. The maximum absolute atomic E-state index is 13.8. The average Bonchev–Trinajstić information content (AvgIpc) is 2.69. The van der Waals surface area contributed by atoms with E-state index >= 15 is 0 Å². The van der Waals surface area contributed by atoms with E-state index in [9.17, 15) is 8.78 Å². The van der Waals surface area contributed by atoms with Crippen LogP contribution in [0.25, 0.3) is 10.9 Å². The van der Waals surface area contributed by atoms with Crippen LogP contribution >= 0.6 is 11.6 Å². The molecule has 0 amide bonds. The minimum Gasteiger partial charge on any atom is -0.364 e. The summed E-state index contributed by atoms with van der Waals surface area (Å²) in [4.78, 5) is 6.71. The van der Waals surface area contributed by atoms with Crippen molar-refractivity contribution in [3.05, 3.63) is 70.9 Å². The fraction of sp³-hybridized carbons (Fsp3) is 0.318. The van der Waals surface area contributed by atoms with Crippen molar-refractivity contribution in [1.29, 1.82) is 0 Å². The van der Waals surface area contributed by atoms with Gasteiger partial charge in [0.05, 0.1) is 5.52 Å². The number of pyridine rings is 1. The lowest BCUT2D eigenvalue weighted by Gasteiger charge is -2.38. The summed E-state index contributed by atoms with van der Waals surface area (Å²) in [5.41, 5.74) is 8.66. The Bertz CT molecular complexity index is 987. The molecule has 2 aromatic carbocycles. The first-order chi connectivity index (χ1) is 13.5. The van der Waals surface area contributed by atoms with Crippen molar-refractivity contribution in [3.63, 3.8) is 0 Å². The van der Waals surface area contributed by atoms with Gasteiger partial charge >= 0.3 is 0 Å². The lowest BCUT2D eigenvalue weighted by molar-refractivity contribution is 0.374. The maximum Gasteiger partial charge on any atom is 0.159 e. The van der Waals surface area contributed by atoms with Crippen LogP contribution < -0.4 is 10.6 Å². The van der Waals surface area contributed by atoms with Crippen LogP contribution in [-0.4, -0.2) is 17.1 Å². The van der Waals surface area contributed by atoms with Crippen LogP contribution in [0.2, 0.25) is 5.02 Å². The molecule has 28 heavy (non-hydrogen) atoms. The molecule has 0 spiro atoms. The molecule has 0 radical (unpaired) electrons. The molecule has 4 rings (SSSR count). The van der Waals surface area contributed by atoms with Gasteiger partial charge in [0.2, 0.25) is 0 Å². The van der Waals surface area contributed by atoms with E-state index in [2.05, 4.69) is 9.88 Å². The fourth-order valence-corrected chi connectivity index (χ4v) is 4.18. The molecule has 0 unspecified atom stereocenters. The van der Waals surface area contributed by atoms with Crippen LogP contribution in [0.5, 0.6) is 0 Å². The number of aromatic nitrogens is 1. The number of anilines is 1. The van der Waals surface area contributed by atoms with Crippen LogP contribution in [-0.2, 0) is 6.54 Å². The van der Waals surface area contributed by atoms with Crippen molar-refractivity contribution in [2.24, 2.45) is 5.73 Å². The van der Waals surface area contributed by atoms with Crippen LogP contribution in [0, 0.1) is 11.6 Å². The van der Waals surface area contributed by atoms with Crippen molar-refractivity contribution in [1.82, 2.24) is 4.98 Å². The molecule has 0 bridgehead atoms. The Balaban J connectivity index is 1.75. The highest BCUT2D eigenvalue weighted by Gasteiger charge is 2.26. The number of nitrogens with two attached hydrogens (primary N) is 1. The first kappa shape index (κ1) is 19.1. The molecule has 146 valence electrons. The molecule has 1 aromatic heterocycles. The normalized spacial score (nSPS) is 19.7. The lowest BCUT2D eigenvalue weighted by Crippen LogP contribution is -2.40. The number of halogens is 3. The summed E-state index contributed by atoms with van der Waals surface area (Å²) in [6.07, 6.45) is 5.59. The van der Waals surface area contributed by atoms with E-state index in [1.165, 1.54) is 12.1 Å². The Morgan fingerprint density at radius 3 is 2.54 bits per heavy atom. The van der Waals surface area contributed by atoms with Crippen molar-refractivity contribution < 1.29 is 8.78 Å². The number of fused-ring (bicyclic) bond motifs is 1. The third kappa shape index (κ3) is 3.96. The van der Waals surface area contributed by atoms with Gasteiger partial charge in [0.1, 0.15) is 0 Å². The molecule has 3 aromatic rings. The molecule has 3 nitrogen and oxygen atoms in total. The molecule has 1 aliphatic rings. The van der Waals surface area contributed by atoms with Crippen LogP contribution in [0.15, 0.2) is 48.7 Å². The van der Waals surface area contributed by atoms with Crippen molar-refractivity contribution in [2.75, 3.05) is 4.90 Å². The second-order valence-corrected chi connectivity index (χ2v) is 7.87. The van der Waals surface area contributed by atoms with Gasteiger partial charge < -0.3 is 10.6 Å². The summed E-state index contributed by atoms with van der Waals surface area (Å²) in [5.74, 6) is -1.66. The summed E-state index contributed by atoms with van der Waals surface area (Å²) < 4.78 is 27.2. The highest BCUT2D eigenvalue weighted by molar-refractivity contribution is 6.31. The van der Waals surface area contributed by atoms with Gasteiger partial charge in [0.25, 0.3) is 0 Å². The summed E-state index contributed by atoms with van der Waals surface area (Å²) in [7, 11) is 0. The number of hydrogen-bond acceptors (Lipinski definition) is 3. The first-order valence-corrected chi connectivity index (χ1v) is 9.89. The molecular formula is C22H22ClF2N3. The zero-order valence-corrected chi connectivity index (χ0v) is 16.2. The van der Waals surface area contributed by atoms with Crippen LogP contribution in [0.1, 0.15) is 31.2 Å². The summed E-state index contributed by atoms with van der Waals surface area (Å²) in [5, 5.41) is 1.62. The van der Waals surface area contributed by atoms with E-state index in [4.69, 9.17) is 17.3 Å². The van der Waals surface area contributed by atoms with E-state index in [-0.39, 0.29) is 12.1 Å². The summed E-state index contributed by atoms with van der Waals surface area (Å²) in [6.45, 7) is 0.485. The number of nitrogens with zero attached hydrogens (tertiary/aromatic N) is 2. The number of hydrogen-bond donors (Lipinski definition) is 1. The maximum atomic E-state index is 13.8. The smallest absolute Gasteiger partial charge is 0.159 e. The molecule has 1 heterocycles. The number of rotatable bonds is 4. The van der Waals surface area contributed by atoms with Crippen molar-refractivity contribution in [3.8, 4) is 0 Å². The number of benzene rings is 2. The molecule has 1 fully saturated rings. The highest BCUT2D eigenvalue weighted by atomic mass is 35.5. The van der Waals surface area contributed by atoms with Crippen LogP contribution in [0.4, 0.5) is 14.5 Å². The molecule has 6 heteroatoms. The second kappa shape index (κ2) is 8.02. The third-order valence-corrected chi connectivity index (χ3v) is 5.75. The first-order valence-electron chi connectivity index (χ1n) is 9.51. The zero-order valence-electron chi connectivity index (χ0n) is 15.4. The van der Waals surface area contributed by atoms with Crippen molar-refractivity contribution in [2.45, 2.75) is 44.3 Å². The Labute approximate surface area is 168 Å². The summed E-state index contributed by atoms with van der Waals surface area (Å²) in [6, 6.07) is 12.2. The molecule has 0 aliphatic heterocycles. The predicted octanol–water partition coefficient (Wildman–Crippen LogP) is 5.44. The molecule has 1 saturated carbocycles. The van der Waals surface area contributed by atoms with Gasteiger partial charge in [-0.2, -0.15) is 0 Å². The quantitative estimate of drug-likeness (QED) is 0.632. The van der Waals surface area contributed by atoms with Gasteiger partial charge in [-0.05, 0) is 67.6 Å². The van der Waals surface area contributed by atoms with Crippen molar-refractivity contribution >= 4 is 28.2 Å². The zero-order chi connectivity index (χ0) is 19.7. The minimum atomic E-state index is -0.831. The van der Waals surface area contributed by atoms with E-state index in [1.807, 2.05) is 24.3 Å². The van der Waals surface area contributed by atoms with Gasteiger partial charge in [-0.25, -0.2) is 8.78 Å². The summed E-state index contributed by atoms with van der Waals surface area (Å²) >= 11 is 6.13. The fourth-order valence-electron chi connectivity index (χ4n) is 4.02. The lowest BCUT2D eigenvalue weighted by atomic mass is 9.90. The van der Waals surface area contributed by atoms with E-state index in [0.29, 0.717) is 11.6 Å². The predicted molar refractivity (Wildman–Crippen MR) is 110 cm³/mol. The Kier molecular flexibility index (Phi) is 5.47. The Morgan fingerprint density at radius 1 is 1.00 bits per heavy atom. The highest BCUT2D eigenvalue weighted by Crippen LogP contribution is 2.34. The molecule has 0 atom stereocenters. The van der Waals surface area contributed by atoms with E-state index in [0.717, 1.165) is 47.8 Å². The largest absolute Gasteiger partial charge is 0.364 e. The molecule has 0 saturated heterocycles. The molecular weight excluding hydrogens is 380 g/mol. The molecule has 1 aliphatic carbocycles. The third-order valence-electron chi connectivity index (χ3n) is 5.51. The van der Waals surface area contributed by atoms with Gasteiger partial charge in [0.15, 0.2) is 11.6 Å². The van der Waals surface area contributed by atoms with E-state index in [1.54, 1.807) is 12.3 Å². The van der Waals surface area contributed by atoms with E-state index < -0.39 is 11.6 Å². The topological polar surface area (TPSA) is 42.1 Å². The minimum absolute atomic E-state index is 0.231. The van der Waals surface area contributed by atoms with Gasteiger partial charge in [-0.3, -0.25) is 4.98 Å². The van der Waals surface area contributed by atoms with Gasteiger partial charge in [0, 0.05) is 40.9 Å². The average molecular weight is 402 g/mol. The van der Waals surface area contributed by atoms with Gasteiger partial charge in [-0.15, -0.1) is 0 Å². The Morgan fingerprint density at radius 2 is 1.79 bits per heavy atom.